The van der Waals surface area contributed by atoms with Gasteiger partial charge in [0.15, 0.2) is 23.3 Å². The molecule has 79 heavy (non-hydrogen) atoms. The van der Waals surface area contributed by atoms with E-state index in [2.05, 4.69) is 173 Å². The molecule has 0 amide bonds. The van der Waals surface area contributed by atoms with Gasteiger partial charge in [-0.15, -0.1) is 10.2 Å². The minimum absolute atomic E-state index is 0.409. The lowest BCUT2D eigenvalue weighted by Gasteiger charge is -2.13. The Bertz CT molecular complexity index is 4670. The molecule has 0 bridgehead atoms. The van der Waals surface area contributed by atoms with Crippen LogP contribution in [-0.2, 0) is 0 Å². The number of rotatable bonds is 10. The Balaban J connectivity index is 0.846. The van der Waals surface area contributed by atoms with Gasteiger partial charge in [0.25, 0.3) is 0 Å². The van der Waals surface area contributed by atoms with E-state index in [0.29, 0.717) is 35.1 Å². The summed E-state index contributed by atoms with van der Waals surface area (Å²) in [7, 11) is 0. The molecule has 0 aliphatic heterocycles. The van der Waals surface area contributed by atoms with E-state index in [1.165, 1.54) is 0 Å². The maximum absolute atomic E-state index is 6.91. The summed E-state index contributed by atoms with van der Waals surface area (Å²) in [6.45, 7) is 0. The van der Waals surface area contributed by atoms with Gasteiger partial charge >= 0.3 is 0 Å². The Kier molecular flexibility index (Phi) is 10.9. The third-order valence-corrected chi connectivity index (χ3v) is 14.6. The minimum atomic E-state index is 0.409. The lowest BCUT2D eigenvalue weighted by atomic mass is 10.1. The molecule has 10 heteroatoms. The molecule has 0 aliphatic carbocycles. The smallest absolute Gasteiger partial charge is 0.250 e. The summed E-state index contributed by atoms with van der Waals surface area (Å²) in [4.78, 5) is 25.3. The topological polar surface area (TPSA) is 113 Å². The quantitative estimate of drug-likeness (QED) is 0.133. The van der Waals surface area contributed by atoms with E-state index < -0.39 is 0 Å². The monoisotopic (exact) mass is 1010 g/mol. The fourth-order valence-electron chi connectivity index (χ4n) is 11.0. The van der Waals surface area contributed by atoms with Gasteiger partial charge in [-0.1, -0.05) is 200 Å². The lowest BCUT2D eigenvalue weighted by Crippen LogP contribution is -2.01. The zero-order chi connectivity index (χ0) is 52.2. The molecule has 0 atom stereocenters. The first-order valence-corrected chi connectivity index (χ1v) is 26.1. The van der Waals surface area contributed by atoms with Crippen LogP contribution in [0.2, 0.25) is 0 Å². The fraction of sp³-hybridized carbons (Fsp3) is 0. The maximum Gasteiger partial charge on any atom is 0.250 e. The number of hydrogen-bond acceptors (Lipinski definition) is 8. The van der Waals surface area contributed by atoms with Gasteiger partial charge in [0.1, 0.15) is 0 Å². The van der Waals surface area contributed by atoms with Crippen LogP contribution >= 0.6 is 0 Å². The molecule has 0 radical (unpaired) electrons. The van der Waals surface area contributed by atoms with Crippen molar-refractivity contribution in [3.63, 3.8) is 0 Å². The van der Waals surface area contributed by atoms with Crippen LogP contribution in [0.25, 0.3) is 146 Å². The Morgan fingerprint density at radius 1 is 0.278 bits per heavy atom. The van der Waals surface area contributed by atoms with Gasteiger partial charge in [-0.05, 0) is 60.7 Å². The second-order valence-electron chi connectivity index (χ2n) is 19.4. The molecule has 10 aromatic carbocycles. The van der Waals surface area contributed by atoms with Crippen LogP contribution in [-0.4, -0.2) is 44.3 Å². The summed E-state index contributed by atoms with van der Waals surface area (Å²) < 4.78 is 11.5. The predicted octanol–water partition coefficient (Wildman–Crippen LogP) is 16.6. The number of nitrogens with zero attached hydrogens (tertiary/aromatic N) is 9. The highest BCUT2D eigenvalue weighted by atomic mass is 16.4. The number of aromatic nitrogens is 9. The minimum Gasteiger partial charge on any atom is -0.416 e. The van der Waals surface area contributed by atoms with Crippen LogP contribution in [0.15, 0.2) is 265 Å². The molecule has 370 valence electrons. The van der Waals surface area contributed by atoms with E-state index in [-0.39, 0.29) is 0 Å². The number of benzene rings is 10. The number of hydrogen-bond donors (Lipinski definition) is 0. The molecule has 0 fully saturated rings. The number of fused-ring (bicyclic) bond motifs is 6. The third kappa shape index (κ3) is 8.02. The van der Waals surface area contributed by atoms with Gasteiger partial charge in [0.2, 0.25) is 11.8 Å². The first kappa shape index (κ1) is 45.4. The normalized spacial score (nSPS) is 11.5. The van der Waals surface area contributed by atoms with Crippen molar-refractivity contribution in [3.05, 3.63) is 261 Å². The van der Waals surface area contributed by atoms with E-state index in [9.17, 15) is 0 Å². The summed E-state index contributed by atoms with van der Waals surface area (Å²) in [6, 6.07) is 89.0. The van der Waals surface area contributed by atoms with Gasteiger partial charge in [0.05, 0.1) is 39.0 Å². The molecule has 0 saturated heterocycles. The van der Waals surface area contributed by atoms with E-state index in [0.717, 1.165) is 111 Å². The average molecular weight is 1010 g/mol. The van der Waals surface area contributed by atoms with Crippen LogP contribution in [0.1, 0.15) is 0 Å². The fourth-order valence-corrected chi connectivity index (χ4v) is 11.0. The van der Waals surface area contributed by atoms with E-state index in [1.54, 1.807) is 0 Å². The first-order valence-electron chi connectivity index (χ1n) is 26.1. The van der Waals surface area contributed by atoms with Gasteiger partial charge in [-0.2, -0.15) is 0 Å². The third-order valence-electron chi connectivity index (χ3n) is 14.6. The standard InChI is InChI=1S/C69H43N9O/c1-5-21-44(22-6-1)57-43-58(71-64(70-57)45-23-7-2-8-24-45)48-29-17-32-51(41-48)78-59-38-15-13-33-52(59)53-35-19-37-56(63(53)78)69-76-75-68(79-69)55-36-20-40-61-62(55)54-34-14-16-39-60(54)77(61)50-31-18-30-49(42-50)67-73-65(46-25-9-3-10-26-46)72-66(74-67)47-27-11-4-12-28-47/h1-43H. The van der Waals surface area contributed by atoms with Crippen molar-refractivity contribution >= 4 is 43.6 Å². The van der Waals surface area contributed by atoms with E-state index >= 15 is 0 Å². The molecule has 5 heterocycles. The Morgan fingerprint density at radius 3 is 1.34 bits per heavy atom. The highest BCUT2D eigenvalue weighted by molar-refractivity contribution is 6.16. The molecule has 15 rings (SSSR count). The van der Waals surface area contributed by atoms with Crippen LogP contribution in [0.3, 0.4) is 0 Å². The summed E-state index contributed by atoms with van der Waals surface area (Å²) in [6.07, 6.45) is 0. The molecular formula is C69H43N9O. The molecule has 0 aliphatic rings. The molecular weight excluding hydrogens is 971 g/mol. The molecule has 0 saturated carbocycles. The summed E-state index contributed by atoms with van der Waals surface area (Å²) >= 11 is 0. The predicted molar refractivity (Wildman–Crippen MR) is 315 cm³/mol. The van der Waals surface area contributed by atoms with Crippen molar-refractivity contribution in [2.24, 2.45) is 0 Å². The van der Waals surface area contributed by atoms with Crippen molar-refractivity contribution in [2.45, 2.75) is 0 Å². The Labute approximate surface area is 453 Å². The second-order valence-corrected chi connectivity index (χ2v) is 19.4. The van der Waals surface area contributed by atoms with Crippen LogP contribution < -0.4 is 0 Å². The molecule has 15 aromatic rings. The molecule has 10 nitrogen and oxygen atoms in total. The van der Waals surface area contributed by atoms with Gasteiger partial charge in [-0.25, -0.2) is 24.9 Å². The van der Waals surface area contributed by atoms with Gasteiger partial charge < -0.3 is 13.6 Å². The van der Waals surface area contributed by atoms with Crippen LogP contribution in [0.4, 0.5) is 0 Å². The van der Waals surface area contributed by atoms with Crippen LogP contribution in [0.5, 0.6) is 0 Å². The van der Waals surface area contributed by atoms with Crippen molar-refractivity contribution in [3.8, 4) is 102 Å². The van der Waals surface area contributed by atoms with Crippen LogP contribution in [0, 0.1) is 0 Å². The summed E-state index contributed by atoms with van der Waals surface area (Å²) in [5, 5.41) is 13.9. The van der Waals surface area contributed by atoms with E-state index in [1.807, 2.05) is 97.1 Å². The molecule has 5 aromatic heterocycles. The average Bonchev–Trinajstić information content (AvgIpc) is 4.47. The van der Waals surface area contributed by atoms with Crippen molar-refractivity contribution in [1.82, 2.24) is 44.3 Å². The van der Waals surface area contributed by atoms with Gasteiger partial charge in [0, 0.05) is 71.9 Å². The zero-order valence-electron chi connectivity index (χ0n) is 42.3. The highest BCUT2D eigenvalue weighted by Crippen LogP contribution is 2.42. The van der Waals surface area contributed by atoms with E-state index in [4.69, 9.17) is 39.5 Å². The molecule has 0 N–H and O–H groups in total. The first-order chi connectivity index (χ1) is 39.2. The molecule has 0 unspecified atom stereocenters. The van der Waals surface area contributed by atoms with Crippen molar-refractivity contribution in [2.75, 3.05) is 0 Å². The summed E-state index contributed by atoms with van der Waals surface area (Å²) in [5.74, 6) is 3.28. The Morgan fingerprint density at radius 2 is 0.696 bits per heavy atom. The van der Waals surface area contributed by atoms with Crippen molar-refractivity contribution < 1.29 is 4.42 Å². The second kappa shape index (κ2) is 19.0. The van der Waals surface area contributed by atoms with Crippen molar-refractivity contribution in [1.29, 1.82) is 0 Å². The SMILES string of the molecule is c1ccc(-c2cc(-c3cccc(-n4c5ccccc5c5cccc(-c6nnc(-c7cccc8c7c7ccccc7n8-c7cccc(-c8nc(-c9ccccc9)nc(-c9ccccc9)n8)c7)o6)c54)c3)nc(-c3ccccc3)n2)cc1. The lowest BCUT2D eigenvalue weighted by molar-refractivity contribution is 0.585. The summed E-state index contributed by atoms with van der Waals surface area (Å²) in [5.41, 5.74) is 14.8. The largest absolute Gasteiger partial charge is 0.416 e. The van der Waals surface area contributed by atoms with Gasteiger partial charge in [-0.3, -0.25) is 0 Å². The maximum atomic E-state index is 6.91. The Hall–Kier alpha value is -11.0. The molecule has 0 spiro atoms. The zero-order valence-corrected chi connectivity index (χ0v) is 42.3. The number of para-hydroxylation sites is 3. The highest BCUT2D eigenvalue weighted by Gasteiger charge is 2.24.